The fourth-order valence-corrected chi connectivity index (χ4v) is 2.78. The molecule has 0 saturated carbocycles. The molecule has 2 heterocycles. The first kappa shape index (κ1) is 15.7. The molecule has 1 aromatic carbocycles. The van der Waals surface area contributed by atoms with Crippen LogP contribution in [0.4, 0.5) is 0 Å². The summed E-state index contributed by atoms with van der Waals surface area (Å²) in [5, 5.41) is 11.1. The molecule has 0 aliphatic carbocycles. The molecule has 0 N–H and O–H groups in total. The highest BCUT2D eigenvalue weighted by molar-refractivity contribution is 14.1. The van der Waals surface area contributed by atoms with Crippen LogP contribution in [0.5, 0.6) is 0 Å². The summed E-state index contributed by atoms with van der Waals surface area (Å²) in [5.74, 6) is 1.23. The first-order valence-corrected chi connectivity index (χ1v) is 8.55. The van der Waals surface area contributed by atoms with E-state index >= 15 is 0 Å². The van der Waals surface area contributed by atoms with Crippen molar-refractivity contribution < 1.29 is 4.52 Å². The van der Waals surface area contributed by atoms with E-state index in [4.69, 9.17) is 16.1 Å². The molecule has 3 rings (SSSR count). The summed E-state index contributed by atoms with van der Waals surface area (Å²) in [7, 11) is 0. The molecule has 0 radical (unpaired) electrons. The Bertz CT molecular complexity index is 637. The average Bonchev–Trinajstić information content (AvgIpc) is 2.99. The number of benzene rings is 1. The summed E-state index contributed by atoms with van der Waals surface area (Å²) in [5.41, 5.74) is 0.879. The summed E-state index contributed by atoms with van der Waals surface area (Å²) < 4.78 is 7.12. The second-order valence-electron chi connectivity index (χ2n) is 4.97. The van der Waals surface area contributed by atoms with Gasteiger partial charge in [0.05, 0.1) is 10.8 Å². The smallest absolute Gasteiger partial charge is 0.257 e. The van der Waals surface area contributed by atoms with Crippen molar-refractivity contribution >= 4 is 38.4 Å². The van der Waals surface area contributed by atoms with E-state index in [0.29, 0.717) is 23.3 Å². The summed E-state index contributed by atoms with van der Waals surface area (Å²) in [6.07, 6.45) is 0. The van der Waals surface area contributed by atoms with Crippen LogP contribution in [0.1, 0.15) is 5.82 Å². The van der Waals surface area contributed by atoms with E-state index in [0.717, 1.165) is 31.7 Å². The molecule has 1 saturated heterocycles. The fourth-order valence-electron chi connectivity index (χ4n) is 2.30. The monoisotopic (exact) mass is 431 g/mol. The number of hydrogen-bond donors (Lipinski definition) is 0. The maximum atomic E-state index is 5.88. The maximum Gasteiger partial charge on any atom is 0.257 e. The van der Waals surface area contributed by atoms with Crippen LogP contribution in [-0.4, -0.2) is 50.4 Å². The second kappa shape index (κ2) is 7.38. The third-order valence-electron chi connectivity index (χ3n) is 3.48. The predicted molar refractivity (Wildman–Crippen MR) is 94.1 cm³/mol. The van der Waals surface area contributed by atoms with Crippen molar-refractivity contribution in [3.05, 3.63) is 35.1 Å². The number of hydrazone groups is 1. The lowest BCUT2D eigenvalue weighted by Crippen LogP contribution is -2.43. The molecule has 1 aliphatic heterocycles. The minimum Gasteiger partial charge on any atom is -0.334 e. The minimum atomic E-state index is 0.528. The zero-order chi connectivity index (χ0) is 15.4. The van der Waals surface area contributed by atoms with Gasteiger partial charge in [-0.2, -0.15) is 10.1 Å². The molecule has 0 amide bonds. The predicted octanol–water partition coefficient (Wildman–Crippen LogP) is 2.89. The van der Waals surface area contributed by atoms with Gasteiger partial charge in [-0.25, -0.2) is 0 Å². The summed E-state index contributed by atoms with van der Waals surface area (Å²) in [6, 6.07) is 7.38. The molecule has 0 spiro atoms. The average molecular weight is 432 g/mol. The third kappa shape index (κ3) is 3.96. The van der Waals surface area contributed by atoms with E-state index in [1.165, 1.54) is 0 Å². The third-order valence-corrected chi connectivity index (χ3v) is 3.98. The molecule has 6 nitrogen and oxygen atoms in total. The van der Waals surface area contributed by atoms with Crippen molar-refractivity contribution in [1.82, 2.24) is 20.0 Å². The van der Waals surface area contributed by atoms with Gasteiger partial charge in [0, 0.05) is 36.8 Å². The molecule has 1 aromatic heterocycles. The number of aromatic nitrogens is 2. The van der Waals surface area contributed by atoms with Crippen LogP contribution in [-0.2, 0) is 6.54 Å². The molecule has 116 valence electrons. The molecule has 0 bridgehead atoms. The Morgan fingerprint density at radius 1 is 1.23 bits per heavy atom. The molecular formula is C14H15ClIN5O. The van der Waals surface area contributed by atoms with Crippen LogP contribution in [0.3, 0.4) is 0 Å². The first-order valence-electron chi connectivity index (χ1n) is 6.93. The number of rotatable bonds is 4. The van der Waals surface area contributed by atoms with Crippen molar-refractivity contribution in [3.8, 4) is 11.5 Å². The van der Waals surface area contributed by atoms with Gasteiger partial charge in [-0.15, -0.1) is 0 Å². The van der Waals surface area contributed by atoms with Gasteiger partial charge in [-0.05, 0) is 46.9 Å². The number of piperazine rings is 1. The molecule has 1 aliphatic rings. The molecule has 1 fully saturated rings. The van der Waals surface area contributed by atoms with E-state index in [-0.39, 0.29) is 0 Å². The van der Waals surface area contributed by atoms with Gasteiger partial charge >= 0.3 is 0 Å². The Kier molecular flexibility index (Phi) is 5.27. The van der Waals surface area contributed by atoms with Crippen molar-refractivity contribution in [2.75, 3.05) is 26.2 Å². The lowest BCUT2D eigenvalue weighted by atomic mass is 10.2. The number of halogens is 2. The Labute approximate surface area is 147 Å². The molecule has 0 atom stereocenters. The topological polar surface area (TPSA) is 57.8 Å². The van der Waals surface area contributed by atoms with Crippen LogP contribution in [0, 0.1) is 0 Å². The SMILES string of the molecule is Clc1ccc(-c2nc(CN3CCN(/N=C/I)CC3)no2)cc1. The van der Waals surface area contributed by atoms with Gasteiger partial charge in [-0.3, -0.25) is 9.91 Å². The highest BCUT2D eigenvalue weighted by Crippen LogP contribution is 2.20. The normalized spacial score (nSPS) is 16.5. The van der Waals surface area contributed by atoms with Gasteiger partial charge in [-0.1, -0.05) is 16.8 Å². The second-order valence-corrected chi connectivity index (χ2v) is 5.96. The quantitative estimate of drug-likeness (QED) is 0.550. The Morgan fingerprint density at radius 2 is 1.95 bits per heavy atom. The van der Waals surface area contributed by atoms with Crippen LogP contribution in [0.2, 0.25) is 5.02 Å². The maximum absolute atomic E-state index is 5.88. The highest BCUT2D eigenvalue weighted by atomic mass is 127. The molecular weight excluding hydrogens is 417 g/mol. The van der Waals surface area contributed by atoms with Crippen molar-refractivity contribution in [1.29, 1.82) is 0 Å². The van der Waals surface area contributed by atoms with Crippen molar-refractivity contribution in [3.63, 3.8) is 0 Å². The molecule has 22 heavy (non-hydrogen) atoms. The van der Waals surface area contributed by atoms with E-state index < -0.39 is 0 Å². The van der Waals surface area contributed by atoms with Gasteiger partial charge in [0.25, 0.3) is 5.89 Å². The Balaban J connectivity index is 1.59. The zero-order valence-electron chi connectivity index (χ0n) is 11.8. The van der Waals surface area contributed by atoms with E-state index in [1.807, 2.05) is 24.3 Å². The summed E-state index contributed by atoms with van der Waals surface area (Å²) in [6.45, 7) is 4.42. The van der Waals surface area contributed by atoms with Crippen LogP contribution in [0.15, 0.2) is 33.9 Å². The fraction of sp³-hybridized carbons (Fsp3) is 0.357. The largest absolute Gasteiger partial charge is 0.334 e. The minimum absolute atomic E-state index is 0.528. The van der Waals surface area contributed by atoms with Crippen LogP contribution < -0.4 is 0 Å². The summed E-state index contributed by atoms with van der Waals surface area (Å²) >= 11 is 8.02. The van der Waals surface area contributed by atoms with E-state index in [9.17, 15) is 0 Å². The van der Waals surface area contributed by atoms with E-state index in [1.54, 1.807) is 4.22 Å². The van der Waals surface area contributed by atoms with Crippen LogP contribution in [0.25, 0.3) is 11.5 Å². The van der Waals surface area contributed by atoms with Crippen molar-refractivity contribution in [2.24, 2.45) is 5.10 Å². The molecule has 0 unspecified atom stereocenters. The van der Waals surface area contributed by atoms with Gasteiger partial charge < -0.3 is 4.52 Å². The number of nitrogens with zero attached hydrogens (tertiary/aromatic N) is 5. The first-order chi connectivity index (χ1) is 10.7. The zero-order valence-corrected chi connectivity index (χ0v) is 14.7. The van der Waals surface area contributed by atoms with E-state index in [2.05, 4.69) is 47.7 Å². The Morgan fingerprint density at radius 3 is 2.64 bits per heavy atom. The standard InChI is InChI=1S/C14H15ClIN5O/c15-12-3-1-11(2-4-12)14-18-13(19-22-14)9-20-5-7-21(8-6-20)17-10-16/h1-4,10H,5-9H2/b17-10+. The highest BCUT2D eigenvalue weighted by Gasteiger charge is 2.18. The molecule has 2 aromatic rings. The number of hydrogen-bond acceptors (Lipinski definition) is 6. The lowest BCUT2D eigenvalue weighted by Gasteiger charge is -2.31. The molecule has 8 heteroatoms. The van der Waals surface area contributed by atoms with Gasteiger partial charge in [0.2, 0.25) is 0 Å². The van der Waals surface area contributed by atoms with Gasteiger partial charge in [0.1, 0.15) is 0 Å². The van der Waals surface area contributed by atoms with Crippen molar-refractivity contribution in [2.45, 2.75) is 6.54 Å². The van der Waals surface area contributed by atoms with Crippen LogP contribution >= 0.6 is 34.2 Å². The van der Waals surface area contributed by atoms with Gasteiger partial charge in [0.15, 0.2) is 5.82 Å². The lowest BCUT2D eigenvalue weighted by molar-refractivity contribution is 0.128. The summed E-state index contributed by atoms with van der Waals surface area (Å²) in [4.78, 5) is 6.75. The Hall–Kier alpha value is -1.19.